The van der Waals surface area contributed by atoms with Gasteiger partial charge in [0, 0.05) is 17.7 Å². The zero-order valence-corrected chi connectivity index (χ0v) is 16.4. The van der Waals surface area contributed by atoms with E-state index >= 15 is 0 Å². The molecule has 29 heavy (non-hydrogen) atoms. The Morgan fingerprint density at radius 1 is 1.14 bits per heavy atom. The molecule has 6 rings (SSSR count). The van der Waals surface area contributed by atoms with Gasteiger partial charge in [-0.25, -0.2) is 14.7 Å². The molecule has 1 aromatic carbocycles. The average Bonchev–Trinajstić information content (AvgIpc) is 3.09. The first-order valence-corrected chi connectivity index (χ1v) is 9.94. The van der Waals surface area contributed by atoms with Gasteiger partial charge in [-0.15, -0.1) is 0 Å². The Balaban J connectivity index is 1.56. The van der Waals surface area contributed by atoms with Crippen molar-refractivity contribution in [3.63, 3.8) is 0 Å². The fourth-order valence-corrected chi connectivity index (χ4v) is 5.40. The van der Waals surface area contributed by atoms with Crippen LogP contribution in [-0.4, -0.2) is 56.5 Å². The third kappa shape index (κ3) is 3.37. The van der Waals surface area contributed by atoms with E-state index in [0.29, 0.717) is 5.76 Å². The van der Waals surface area contributed by atoms with Crippen LogP contribution in [-0.2, 0) is 0 Å². The lowest BCUT2D eigenvalue weighted by molar-refractivity contribution is -1.30. The zero-order valence-electron chi connectivity index (χ0n) is 16.4. The first-order valence-electron chi connectivity index (χ1n) is 9.94. The highest BCUT2D eigenvalue weighted by Gasteiger charge is 2.60. The van der Waals surface area contributed by atoms with Crippen molar-refractivity contribution in [3.8, 4) is 0 Å². The molecule has 0 saturated carbocycles. The van der Waals surface area contributed by atoms with Crippen LogP contribution in [0.15, 0.2) is 51.0 Å². The third-order valence-electron chi connectivity index (χ3n) is 6.20. The number of aryl methyl sites for hydroxylation is 1. The molecular formula is C20H25N6O3+3. The van der Waals surface area contributed by atoms with Crippen LogP contribution < -0.4 is 14.7 Å². The second kappa shape index (κ2) is 6.87. The van der Waals surface area contributed by atoms with Crippen LogP contribution in [0.3, 0.4) is 0 Å². The summed E-state index contributed by atoms with van der Waals surface area (Å²) >= 11 is 0. The maximum absolute atomic E-state index is 11.3. The van der Waals surface area contributed by atoms with Crippen LogP contribution in [0, 0.1) is 22.5 Å². The van der Waals surface area contributed by atoms with Crippen LogP contribution in [0.5, 0.6) is 0 Å². The maximum atomic E-state index is 11.3. The molecular weight excluding hydrogens is 372 g/mol. The predicted octanol–water partition coefficient (Wildman–Crippen LogP) is -2.13. The van der Waals surface area contributed by atoms with Crippen molar-refractivity contribution in [3.05, 3.63) is 63.6 Å². The van der Waals surface area contributed by atoms with Crippen LogP contribution in [0.25, 0.3) is 0 Å². The van der Waals surface area contributed by atoms with E-state index in [0.717, 1.165) is 56.7 Å². The van der Waals surface area contributed by atoms with E-state index in [9.17, 15) is 10.1 Å². The van der Waals surface area contributed by atoms with Gasteiger partial charge in [-0.2, -0.15) is 10.2 Å². The Labute approximate surface area is 168 Å². The van der Waals surface area contributed by atoms with Crippen molar-refractivity contribution in [2.24, 2.45) is 15.6 Å². The summed E-state index contributed by atoms with van der Waals surface area (Å²) in [4.78, 5) is 15.7. The minimum absolute atomic E-state index is 0.0820. The van der Waals surface area contributed by atoms with Crippen molar-refractivity contribution in [2.45, 2.75) is 6.92 Å². The molecule has 0 amide bonds. The molecule has 2 aromatic rings. The number of rotatable bonds is 5. The topological polar surface area (TPSA) is 94.3 Å². The number of hydrogen-bond donors (Lipinski definition) is 3. The Kier molecular flexibility index (Phi) is 4.30. The van der Waals surface area contributed by atoms with E-state index in [4.69, 9.17) is 4.42 Å². The lowest BCUT2D eigenvalue weighted by Gasteiger charge is -2.52. The first kappa shape index (κ1) is 18.2. The van der Waals surface area contributed by atoms with Crippen LogP contribution in [0.2, 0.25) is 0 Å². The number of nitrogens with zero attached hydrogens (tertiary/aromatic N) is 3. The molecule has 1 aromatic heterocycles. The van der Waals surface area contributed by atoms with E-state index in [1.54, 1.807) is 33.0 Å². The van der Waals surface area contributed by atoms with Gasteiger partial charge in [0.15, 0.2) is 5.41 Å². The molecule has 4 aliphatic rings. The van der Waals surface area contributed by atoms with E-state index in [1.807, 2.05) is 25.1 Å². The molecule has 5 heterocycles. The molecule has 3 N–H and O–H groups in total. The molecule has 0 aliphatic carbocycles. The lowest BCUT2D eigenvalue weighted by Crippen LogP contribution is -3.56. The molecule has 150 valence electrons. The summed E-state index contributed by atoms with van der Waals surface area (Å²) in [5, 5.41) is 20.3. The minimum Gasteiger partial charge on any atom is -0.460 e. The number of nitro benzene ring substituents is 1. The Morgan fingerprint density at radius 2 is 1.83 bits per heavy atom. The number of non-ortho nitro benzene ring substituents is 1. The fourth-order valence-electron chi connectivity index (χ4n) is 5.40. The second-order valence-electron chi connectivity index (χ2n) is 8.54. The molecule has 4 aliphatic heterocycles. The van der Waals surface area contributed by atoms with Gasteiger partial charge >= 0.3 is 0 Å². The van der Waals surface area contributed by atoms with Gasteiger partial charge in [0.25, 0.3) is 5.69 Å². The zero-order chi connectivity index (χ0) is 20.0. The average molecular weight is 397 g/mol. The first-order chi connectivity index (χ1) is 14.0. The van der Waals surface area contributed by atoms with Crippen molar-refractivity contribution in [2.75, 3.05) is 39.6 Å². The molecule has 9 nitrogen and oxygen atoms in total. The number of nitrogens with one attached hydrogen (secondary N) is 3. The molecule has 9 heteroatoms. The third-order valence-corrected chi connectivity index (χ3v) is 6.20. The predicted molar refractivity (Wildman–Crippen MR) is 105 cm³/mol. The lowest BCUT2D eigenvalue weighted by atomic mass is 9.74. The van der Waals surface area contributed by atoms with Gasteiger partial charge in [0.05, 0.1) is 16.8 Å². The smallest absolute Gasteiger partial charge is 0.270 e. The molecule has 4 fully saturated rings. The monoisotopic (exact) mass is 397 g/mol. The van der Waals surface area contributed by atoms with E-state index in [2.05, 4.69) is 10.2 Å². The normalized spacial score (nSPS) is 30.9. The number of quaternary nitrogens is 3. The molecule has 0 spiro atoms. The number of hydrogen-bond acceptors (Lipinski definition) is 5. The molecule has 4 saturated heterocycles. The molecule has 4 bridgehead atoms. The summed E-state index contributed by atoms with van der Waals surface area (Å²) in [6.45, 7) is 8.30. The van der Waals surface area contributed by atoms with Gasteiger partial charge in [-0.1, -0.05) is 12.1 Å². The quantitative estimate of drug-likeness (QED) is 0.306. The number of benzene rings is 1. The van der Waals surface area contributed by atoms with Gasteiger partial charge in [-0.3, -0.25) is 10.1 Å². The van der Waals surface area contributed by atoms with E-state index < -0.39 is 0 Å². The highest BCUT2D eigenvalue weighted by Crippen LogP contribution is 2.25. The molecule has 0 unspecified atom stereocenters. The maximum Gasteiger partial charge on any atom is 0.270 e. The number of nitro groups is 1. The highest BCUT2D eigenvalue weighted by atomic mass is 16.6. The largest absolute Gasteiger partial charge is 0.460 e. The van der Waals surface area contributed by atoms with Crippen molar-refractivity contribution >= 4 is 17.6 Å². The summed E-state index contributed by atoms with van der Waals surface area (Å²) < 4.78 is 5.55. The minimum atomic E-state index is -0.353. The van der Waals surface area contributed by atoms with Crippen molar-refractivity contribution in [1.82, 2.24) is 0 Å². The van der Waals surface area contributed by atoms with Crippen LogP contribution >= 0.6 is 0 Å². The summed E-state index contributed by atoms with van der Waals surface area (Å²) in [5.74, 6) is 1.47. The van der Waals surface area contributed by atoms with Gasteiger partial charge in [-0.05, 0) is 19.1 Å². The Hall–Kier alpha value is -2.88. The van der Waals surface area contributed by atoms with Gasteiger partial charge < -0.3 is 4.42 Å². The highest BCUT2D eigenvalue weighted by molar-refractivity contribution is 6.05. The standard InChI is InChI=1S/C20H22N6O3/c1-15-5-6-18(29-15)8-21-22-19(16-3-2-4-17(7-16)26(27)28)20-9-23-12-24(10-20)14-25(11-20)13-23/h2-8H,9-14H2,1H3/p+3/b21-8-,22-19+. The Bertz CT molecular complexity index is 976. The fraction of sp³-hybridized carbons (Fsp3) is 0.400. The van der Waals surface area contributed by atoms with Gasteiger partial charge in [0.1, 0.15) is 31.2 Å². The van der Waals surface area contributed by atoms with E-state index in [1.165, 1.54) is 6.07 Å². The van der Waals surface area contributed by atoms with Crippen LogP contribution in [0.1, 0.15) is 17.1 Å². The summed E-state index contributed by atoms with van der Waals surface area (Å²) in [5.41, 5.74) is 1.60. The van der Waals surface area contributed by atoms with Gasteiger partial charge in [0.2, 0.25) is 20.0 Å². The molecule has 0 radical (unpaired) electrons. The Morgan fingerprint density at radius 3 is 2.41 bits per heavy atom. The summed E-state index contributed by atoms with van der Waals surface area (Å²) in [7, 11) is 0. The van der Waals surface area contributed by atoms with Crippen LogP contribution in [0.4, 0.5) is 5.69 Å². The van der Waals surface area contributed by atoms with E-state index in [-0.39, 0.29) is 16.0 Å². The second-order valence-corrected chi connectivity index (χ2v) is 8.54. The molecule has 0 atom stereocenters. The SMILES string of the molecule is Cc1ccc(/C=N\N=C(/c2cccc([N+](=O)[O-])c2)C23C[NH+]4C[NH+](C[NH+](C4)C2)C3)o1. The number of furan rings is 1. The summed E-state index contributed by atoms with van der Waals surface area (Å²) in [6, 6.07) is 10.5. The van der Waals surface area contributed by atoms with Crippen molar-refractivity contribution < 1.29 is 24.0 Å². The van der Waals surface area contributed by atoms with Crippen molar-refractivity contribution in [1.29, 1.82) is 0 Å². The summed E-state index contributed by atoms with van der Waals surface area (Å²) in [6.07, 6.45) is 1.61.